The van der Waals surface area contributed by atoms with Crippen molar-refractivity contribution < 1.29 is 57.3 Å². The first-order valence-electron chi connectivity index (χ1n) is 10.3. The van der Waals surface area contributed by atoms with Gasteiger partial charge in [-0.15, -0.1) is 0 Å². The molecule has 188 valence electrons. The van der Waals surface area contributed by atoms with Gasteiger partial charge in [-0.2, -0.15) is 0 Å². The molecule has 0 spiro atoms. The predicted octanol–water partition coefficient (Wildman–Crippen LogP) is -0.902. The molecule has 12 heteroatoms. The molecular weight excluding hydrogens is 432 g/mol. The molecule has 10 atom stereocenters. The van der Waals surface area contributed by atoms with Crippen molar-refractivity contribution in [3.63, 3.8) is 0 Å². The second kappa shape index (κ2) is 13.1. The van der Waals surface area contributed by atoms with Crippen LogP contribution in [-0.4, -0.2) is 128 Å². The van der Waals surface area contributed by atoms with Crippen molar-refractivity contribution in [2.24, 2.45) is 0 Å². The van der Waals surface area contributed by atoms with Crippen LogP contribution in [0.3, 0.4) is 0 Å². The Hall–Kier alpha value is -0.930. The van der Waals surface area contributed by atoms with Gasteiger partial charge in [0.2, 0.25) is 0 Å². The molecule has 0 bridgehead atoms. The van der Waals surface area contributed by atoms with Crippen LogP contribution in [0.1, 0.15) is 6.92 Å². The van der Waals surface area contributed by atoms with Gasteiger partial charge in [-0.3, -0.25) is 4.79 Å². The van der Waals surface area contributed by atoms with E-state index in [0.717, 1.165) is 0 Å². The number of carbonyl (C=O) groups is 1. The summed E-state index contributed by atoms with van der Waals surface area (Å²) in [5.74, 6) is -0.490. The van der Waals surface area contributed by atoms with Crippen LogP contribution in [0.4, 0.5) is 0 Å². The molecule has 0 aromatic carbocycles. The zero-order valence-corrected chi connectivity index (χ0v) is 19.6. The number of aliphatic hydroxyl groups is 1. The third kappa shape index (κ3) is 6.14. The minimum absolute atomic E-state index is 0.140. The number of methoxy groups -OCH3 is 6. The largest absolute Gasteiger partial charge is 0.463 e. The Morgan fingerprint density at radius 1 is 0.719 bits per heavy atom. The van der Waals surface area contributed by atoms with E-state index in [1.165, 1.54) is 35.4 Å². The molecule has 0 unspecified atom stereocenters. The molecule has 0 aromatic heterocycles. The Bertz CT molecular complexity index is 563. The van der Waals surface area contributed by atoms with Crippen molar-refractivity contribution in [1.29, 1.82) is 0 Å². The van der Waals surface area contributed by atoms with Gasteiger partial charge >= 0.3 is 5.97 Å². The van der Waals surface area contributed by atoms with Gasteiger partial charge in [-0.1, -0.05) is 0 Å². The Balaban J connectivity index is 2.31. The highest BCUT2D eigenvalue weighted by Crippen LogP contribution is 2.33. The van der Waals surface area contributed by atoms with Gasteiger partial charge in [0.1, 0.15) is 55.4 Å². The van der Waals surface area contributed by atoms with Gasteiger partial charge in [-0.25, -0.2) is 0 Å². The Morgan fingerprint density at radius 2 is 1.25 bits per heavy atom. The molecule has 2 aliphatic heterocycles. The molecule has 0 amide bonds. The van der Waals surface area contributed by atoms with E-state index in [1.807, 2.05) is 0 Å². The van der Waals surface area contributed by atoms with E-state index in [0.29, 0.717) is 0 Å². The number of hydrogen-bond acceptors (Lipinski definition) is 12. The van der Waals surface area contributed by atoms with Gasteiger partial charge in [0.25, 0.3) is 0 Å². The predicted molar refractivity (Wildman–Crippen MR) is 107 cm³/mol. The average Bonchev–Trinajstić information content (AvgIpc) is 2.77. The lowest BCUT2D eigenvalue weighted by molar-refractivity contribution is -0.364. The van der Waals surface area contributed by atoms with Gasteiger partial charge in [0, 0.05) is 49.6 Å². The van der Waals surface area contributed by atoms with Crippen molar-refractivity contribution in [2.75, 3.05) is 55.9 Å². The third-order valence-electron chi connectivity index (χ3n) is 5.63. The fourth-order valence-electron chi connectivity index (χ4n) is 4.16. The normalized spacial score (nSPS) is 40.2. The molecule has 12 nitrogen and oxygen atoms in total. The van der Waals surface area contributed by atoms with Crippen molar-refractivity contribution in [3.8, 4) is 0 Å². The van der Waals surface area contributed by atoms with Crippen LogP contribution < -0.4 is 0 Å². The summed E-state index contributed by atoms with van der Waals surface area (Å²) in [4.78, 5) is 11.3. The van der Waals surface area contributed by atoms with E-state index in [4.69, 9.17) is 47.4 Å². The van der Waals surface area contributed by atoms with E-state index < -0.39 is 67.4 Å². The van der Waals surface area contributed by atoms with Crippen LogP contribution in [0.15, 0.2) is 0 Å². The zero-order valence-electron chi connectivity index (χ0n) is 19.6. The highest BCUT2D eigenvalue weighted by atomic mass is 16.7. The van der Waals surface area contributed by atoms with Gasteiger partial charge in [0.15, 0.2) is 12.6 Å². The third-order valence-corrected chi connectivity index (χ3v) is 5.63. The van der Waals surface area contributed by atoms with E-state index in [9.17, 15) is 9.90 Å². The number of hydrogen-bond donors (Lipinski definition) is 1. The van der Waals surface area contributed by atoms with Gasteiger partial charge in [-0.05, 0) is 0 Å². The monoisotopic (exact) mass is 468 g/mol. The Labute approximate surface area is 188 Å². The molecule has 0 saturated carbocycles. The first kappa shape index (κ1) is 27.3. The summed E-state index contributed by atoms with van der Waals surface area (Å²) in [6.45, 7) is 1.36. The van der Waals surface area contributed by atoms with Crippen LogP contribution in [-0.2, 0) is 52.2 Å². The van der Waals surface area contributed by atoms with E-state index in [-0.39, 0.29) is 13.2 Å². The van der Waals surface area contributed by atoms with Crippen molar-refractivity contribution in [2.45, 2.75) is 68.3 Å². The van der Waals surface area contributed by atoms with Crippen LogP contribution in [0.25, 0.3) is 0 Å². The van der Waals surface area contributed by atoms with Crippen LogP contribution in [0.2, 0.25) is 0 Å². The number of carbonyl (C=O) groups excluding carboxylic acids is 1. The van der Waals surface area contributed by atoms with Crippen LogP contribution in [0.5, 0.6) is 0 Å². The summed E-state index contributed by atoms with van der Waals surface area (Å²) in [7, 11) is 9.01. The molecule has 2 saturated heterocycles. The fourth-order valence-corrected chi connectivity index (χ4v) is 4.16. The summed E-state index contributed by atoms with van der Waals surface area (Å²) in [6.07, 6.45) is -7.86. The standard InChI is InChI=1S/C20H36O12/c1-10(21)29-9-12-14(25-4)16(17(27-6)19(22)30-12)32-20-18(28-7)15(26-5)13(24-3)11(31-20)8-23-2/h11-20,22H,8-9H2,1-7H3/t11-,12-,13+,14-,15+,16+,17-,18-,19+,20+/m1/s1. The van der Waals surface area contributed by atoms with Gasteiger partial charge in [0.05, 0.1) is 6.61 Å². The molecule has 1 N–H and O–H groups in total. The Kier molecular flexibility index (Phi) is 11.2. The summed E-state index contributed by atoms with van der Waals surface area (Å²) < 4.78 is 56.2. The second-order valence-electron chi connectivity index (χ2n) is 7.47. The lowest BCUT2D eigenvalue weighted by Gasteiger charge is -2.48. The highest BCUT2D eigenvalue weighted by Gasteiger charge is 2.53. The minimum atomic E-state index is -1.36. The summed E-state index contributed by atoms with van der Waals surface area (Å²) in [5, 5.41) is 10.5. The topological polar surface area (TPSA) is 130 Å². The van der Waals surface area contributed by atoms with E-state index in [1.54, 1.807) is 14.2 Å². The molecule has 2 rings (SSSR count). The fraction of sp³-hybridized carbons (Fsp3) is 0.950. The number of ether oxygens (including phenoxy) is 10. The maximum Gasteiger partial charge on any atom is 0.302 e. The number of aliphatic hydroxyl groups excluding tert-OH is 1. The molecule has 2 heterocycles. The van der Waals surface area contributed by atoms with Crippen LogP contribution in [0, 0.1) is 0 Å². The zero-order chi connectivity index (χ0) is 23.8. The second-order valence-corrected chi connectivity index (χ2v) is 7.47. The first-order valence-corrected chi connectivity index (χ1v) is 10.3. The quantitative estimate of drug-likeness (QED) is 0.377. The molecule has 0 radical (unpaired) electrons. The number of esters is 1. The van der Waals surface area contributed by atoms with Crippen molar-refractivity contribution >= 4 is 5.97 Å². The van der Waals surface area contributed by atoms with Crippen molar-refractivity contribution in [1.82, 2.24) is 0 Å². The molecule has 2 aliphatic rings. The van der Waals surface area contributed by atoms with Crippen molar-refractivity contribution in [3.05, 3.63) is 0 Å². The SMILES string of the molecule is COC[C@H]1O[C@@H](O[C@@H]2[C@@H](OC)[C@@H](O)O[C@H](COC(C)=O)[C@H]2OC)[C@H](OC)[C@@H](OC)[C@H]1OC. The van der Waals surface area contributed by atoms with E-state index >= 15 is 0 Å². The average molecular weight is 468 g/mol. The lowest BCUT2D eigenvalue weighted by Crippen LogP contribution is -2.66. The van der Waals surface area contributed by atoms with E-state index in [2.05, 4.69) is 0 Å². The summed E-state index contributed by atoms with van der Waals surface area (Å²) in [5.41, 5.74) is 0. The lowest BCUT2D eigenvalue weighted by atomic mass is 9.96. The molecule has 32 heavy (non-hydrogen) atoms. The summed E-state index contributed by atoms with van der Waals surface area (Å²) >= 11 is 0. The molecule has 0 aliphatic carbocycles. The highest BCUT2D eigenvalue weighted by molar-refractivity contribution is 5.65. The summed E-state index contributed by atoms with van der Waals surface area (Å²) in [6, 6.07) is 0. The maximum atomic E-state index is 11.3. The molecule has 2 fully saturated rings. The first-order chi connectivity index (χ1) is 15.4. The Morgan fingerprint density at radius 3 is 1.75 bits per heavy atom. The molecule has 0 aromatic rings. The van der Waals surface area contributed by atoms with Crippen LogP contribution >= 0.6 is 0 Å². The minimum Gasteiger partial charge on any atom is -0.463 e. The maximum absolute atomic E-state index is 11.3. The van der Waals surface area contributed by atoms with Gasteiger partial charge < -0.3 is 52.5 Å². The molecular formula is C20H36O12. The smallest absolute Gasteiger partial charge is 0.302 e. The number of rotatable bonds is 11.